The van der Waals surface area contributed by atoms with Gasteiger partial charge in [-0.05, 0) is 31.4 Å². The van der Waals surface area contributed by atoms with Crippen LogP contribution >= 0.6 is 0 Å². The van der Waals surface area contributed by atoms with Crippen molar-refractivity contribution in [1.82, 2.24) is 9.62 Å². The van der Waals surface area contributed by atoms with Gasteiger partial charge in [0, 0.05) is 26.6 Å². The number of benzene rings is 1. The van der Waals surface area contributed by atoms with Crippen molar-refractivity contribution >= 4 is 15.9 Å². The minimum Gasteiger partial charge on any atom is -0.388 e. The number of rotatable bonds is 5. The molecule has 0 bridgehead atoms. The van der Waals surface area contributed by atoms with E-state index >= 15 is 0 Å². The van der Waals surface area contributed by atoms with Crippen molar-refractivity contribution in [3.63, 3.8) is 0 Å². The molecule has 1 fully saturated rings. The molecule has 0 saturated carbocycles. The molecule has 2 N–H and O–H groups in total. The molecule has 0 spiro atoms. The quantitative estimate of drug-likeness (QED) is 0.830. The lowest BCUT2D eigenvalue weighted by Crippen LogP contribution is -2.50. The Bertz CT molecular complexity index is 680. The average molecular weight is 344 g/mol. The first-order valence-corrected chi connectivity index (χ1v) is 8.90. The number of carbonyl (C=O) groups excluding carboxylic acids is 1. The fourth-order valence-corrected chi connectivity index (χ4v) is 4.37. The van der Waals surface area contributed by atoms with E-state index in [0.29, 0.717) is 12.8 Å². The number of piperidine rings is 1. The first kappa shape index (κ1) is 17.8. The Balaban J connectivity index is 2.17. The highest BCUT2D eigenvalue weighted by Crippen LogP contribution is 2.30. The number of hydrogen-bond acceptors (Lipinski definition) is 4. The molecule has 1 aromatic carbocycles. The zero-order chi connectivity index (χ0) is 17.1. The maximum Gasteiger partial charge on any atom is 0.246 e. The van der Waals surface area contributed by atoms with Crippen molar-refractivity contribution in [3.8, 4) is 0 Å². The highest BCUT2D eigenvalue weighted by molar-refractivity contribution is 7.89. The monoisotopic (exact) mass is 344 g/mol. The number of nitrogens with zero attached hydrogens (tertiary/aromatic N) is 1. The van der Waals surface area contributed by atoms with Crippen molar-refractivity contribution < 1.29 is 22.7 Å². The van der Waals surface area contributed by atoms with Crippen LogP contribution in [0.15, 0.2) is 29.2 Å². The van der Waals surface area contributed by atoms with Crippen LogP contribution in [-0.2, 0) is 14.8 Å². The fraction of sp³-hybridized carbons (Fsp3) is 0.533. The fourth-order valence-electron chi connectivity index (χ4n) is 2.74. The lowest BCUT2D eigenvalue weighted by atomic mass is 9.89. The topological polar surface area (TPSA) is 86.7 Å². The first-order chi connectivity index (χ1) is 10.8. The summed E-state index contributed by atoms with van der Waals surface area (Å²) in [6, 6.07) is 5.18. The third kappa shape index (κ3) is 4.07. The molecule has 1 atom stereocenters. The van der Waals surface area contributed by atoms with Gasteiger partial charge in [0.1, 0.15) is 10.7 Å². The Morgan fingerprint density at radius 1 is 1.43 bits per heavy atom. The van der Waals surface area contributed by atoms with Crippen molar-refractivity contribution in [2.24, 2.45) is 0 Å². The molecule has 1 heterocycles. The van der Waals surface area contributed by atoms with Crippen LogP contribution in [0.1, 0.15) is 25.7 Å². The van der Waals surface area contributed by atoms with Crippen LogP contribution in [0.5, 0.6) is 0 Å². The van der Waals surface area contributed by atoms with Crippen LogP contribution in [0.25, 0.3) is 0 Å². The maximum atomic E-state index is 13.8. The summed E-state index contributed by atoms with van der Waals surface area (Å²) in [5.74, 6) is -1.03. The Kier molecular flexibility index (Phi) is 5.38. The van der Waals surface area contributed by atoms with Gasteiger partial charge in [-0.1, -0.05) is 12.1 Å². The van der Waals surface area contributed by atoms with E-state index in [4.69, 9.17) is 0 Å². The van der Waals surface area contributed by atoms with E-state index in [1.165, 1.54) is 25.2 Å². The molecule has 128 valence electrons. The van der Waals surface area contributed by atoms with Crippen LogP contribution in [0, 0.1) is 5.82 Å². The lowest BCUT2D eigenvalue weighted by Gasteiger charge is -2.38. The summed E-state index contributed by atoms with van der Waals surface area (Å²) in [5.41, 5.74) is -1.27. The standard InChI is InChI=1S/C15H21FN2O4S/c1-17-14(19)7-9-15(20)8-4-10-18(11-15)23(21,22)13-6-3-2-5-12(13)16/h2-3,5-6,20H,4,7-11H2,1H3,(H,17,19)/t15-/m0/s1. The second kappa shape index (κ2) is 6.94. The van der Waals surface area contributed by atoms with Crippen LogP contribution in [0.4, 0.5) is 4.39 Å². The van der Waals surface area contributed by atoms with Gasteiger partial charge >= 0.3 is 0 Å². The first-order valence-electron chi connectivity index (χ1n) is 7.46. The van der Waals surface area contributed by atoms with E-state index in [2.05, 4.69) is 5.32 Å². The smallest absolute Gasteiger partial charge is 0.246 e. The summed E-state index contributed by atoms with van der Waals surface area (Å²) < 4.78 is 40.1. The van der Waals surface area contributed by atoms with Gasteiger partial charge in [0.2, 0.25) is 15.9 Å². The van der Waals surface area contributed by atoms with Crippen LogP contribution in [0.2, 0.25) is 0 Å². The van der Waals surface area contributed by atoms with Gasteiger partial charge in [-0.3, -0.25) is 4.79 Å². The minimum atomic E-state index is -4.01. The van der Waals surface area contributed by atoms with Gasteiger partial charge in [-0.25, -0.2) is 12.8 Å². The molecule has 8 heteroatoms. The van der Waals surface area contributed by atoms with Crippen molar-refractivity contribution in [3.05, 3.63) is 30.1 Å². The Labute approximate surface area is 135 Å². The molecule has 1 aliphatic heterocycles. The number of β-amino-alcohol motifs (C(OH)–C–C–N with tert-alkyl or cyclic N) is 1. The number of hydrogen-bond donors (Lipinski definition) is 2. The zero-order valence-corrected chi connectivity index (χ0v) is 13.8. The van der Waals surface area contributed by atoms with Gasteiger partial charge in [0.05, 0.1) is 5.60 Å². The Hall–Kier alpha value is -1.51. The third-order valence-corrected chi connectivity index (χ3v) is 5.95. The second-order valence-electron chi connectivity index (χ2n) is 5.77. The van der Waals surface area contributed by atoms with Gasteiger partial charge in [0.15, 0.2) is 0 Å². The summed E-state index contributed by atoms with van der Waals surface area (Å²) in [7, 11) is -2.51. The summed E-state index contributed by atoms with van der Waals surface area (Å²) in [6.07, 6.45) is 1.14. The van der Waals surface area contributed by atoms with Gasteiger partial charge < -0.3 is 10.4 Å². The lowest BCUT2D eigenvalue weighted by molar-refractivity contribution is -0.122. The highest BCUT2D eigenvalue weighted by atomic mass is 32.2. The van der Waals surface area contributed by atoms with Crippen molar-refractivity contribution in [2.45, 2.75) is 36.2 Å². The minimum absolute atomic E-state index is 0.112. The third-order valence-electron chi connectivity index (χ3n) is 4.07. The number of amides is 1. The van der Waals surface area contributed by atoms with Gasteiger partial charge in [-0.15, -0.1) is 0 Å². The molecule has 1 aromatic rings. The van der Waals surface area contributed by atoms with Gasteiger partial charge in [0.25, 0.3) is 0 Å². The molecular weight excluding hydrogens is 323 g/mol. The van der Waals surface area contributed by atoms with Crippen LogP contribution in [-0.4, -0.2) is 49.5 Å². The maximum absolute atomic E-state index is 13.8. The van der Waals surface area contributed by atoms with Crippen molar-refractivity contribution in [1.29, 1.82) is 0 Å². The van der Waals surface area contributed by atoms with Crippen LogP contribution in [0.3, 0.4) is 0 Å². The van der Waals surface area contributed by atoms with E-state index in [1.807, 2.05) is 0 Å². The average Bonchev–Trinajstić information content (AvgIpc) is 2.53. The number of halogens is 1. The number of sulfonamides is 1. The molecule has 0 unspecified atom stereocenters. The van der Waals surface area contributed by atoms with E-state index in [0.717, 1.165) is 10.4 Å². The number of carbonyl (C=O) groups is 1. The molecule has 1 saturated heterocycles. The second-order valence-corrected chi connectivity index (χ2v) is 7.68. The highest BCUT2D eigenvalue weighted by Gasteiger charge is 2.39. The summed E-state index contributed by atoms with van der Waals surface area (Å²) in [6.45, 7) is 0.0830. The molecule has 0 aliphatic carbocycles. The normalized spacial score (nSPS) is 22.7. The molecule has 1 amide bonds. The van der Waals surface area contributed by atoms with E-state index in [-0.39, 0.29) is 31.8 Å². The predicted molar refractivity (Wildman–Crippen MR) is 82.6 cm³/mol. The zero-order valence-electron chi connectivity index (χ0n) is 13.0. The predicted octanol–water partition coefficient (Wildman–Crippen LogP) is 0.867. The molecule has 1 aliphatic rings. The molecule has 23 heavy (non-hydrogen) atoms. The molecular formula is C15H21FN2O4S. The van der Waals surface area contributed by atoms with Crippen LogP contribution < -0.4 is 5.32 Å². The van der Waals surface area contributed by atoms with Gasteiger partial charge in [-0.2, -0.15) is 4.31 Å². The number of nitrogens with one attached hydrogen (secondary N) is 1. The molecule has 2 rings (SSSR count). The van der Waals surface area contributed by atoms with E-state index < -0.39 is 26.3 Å². The molecule has 0 aromatic heterocycles. The number of aliphatic hydroxyl groups is 1. The summed E-state index contributed by atoms with van der Waals surface area (Å²) in [5, 5.41) is 13.1. The summed E-state index contributed by atoms with van der Waals surface area (Å²) >= 11 is 0. The van der Waals surface area contributed by atoms with Crippen molar-refractivity contribution in [2.75, 3.05) is 20.1 Å². The Morgan fingerprint density at radius 3 is 2.78 bits per heavy atom. The van der Waals surface area contributed by atoms with E-state index in [9.17, 15) is 22.7 Å². The summed E-state index contributed by atoms with van der Waals surface area (Å²) in [4.78, 5) is 10.9. The Morgan fingerprint density at radius 2 is 2.13 bits per heavy atom. The van der Waals surface area contributed by atoms with E-state index in [1.54, 1.807) is 0 Å². The molecule has 0 radical (unpaired) electrons. The molecule has 6 nitrogen and oxygen atoms in total. The SMILES string of the molecule is CNC(=O)CC[C@@]1(O)CCCN(S(=O)(=O)c2ccccc2F)C1. The largest absolute Gasteiger partial charge is 0.388 e.